The highest BCUT2D eigenvalue weighted by atomic mass is 16.5. The van der Waals surface area contributed by atoms with Crippen molar-refractivity contribution in [3.63, 3.8) is 0 Å². The summed E-state index contributed by atoms with van der Waals surface area (Å²) in [6.45, 7) is 7.94. The Hall–Kier alpha value is -1.58. The molecular weight excluding hydrogens is 292 g/mol. The summed E-state index contributed by atoms with van der Waals surface area (Å²) in [7, 11) is 0. The van der Waals surface area contributed by atoms with Crippen LogP contribution in [-0.4, -0.2) is 25.2 Å². The predicted molar refractivity (Wildman–Crippen MR) is 86.4 cm³/mol. The average Bonchev–Trinajstić information content (AvgIpc) is 3.24. The van der Waals surface area contributed by atoms with Gasteiger partial charge in [-0.05, 0) is 62.2 Å². The summed E-state index contributed by atoms with van der Waals surface area (Å²) in [6.07, 6.45) is 9.45. The highest BCUT2D eigenvalue weighted by Gasteiger charge is 2.61. The number of carbonyl (C=O) groups is 2. The van der Waals surface area contributed by atoms with Crippen LogP contribution in [0.5, 0.6) is 0 Å². The van der Waals surface area contributed by atoms with Crippen molar-refractivity contribution in [2.75, 3.05) is 13.2 Å². The van der Waals surface area contributed by atoms with Gasteiger partial charge in [0.1, 0.15) is 0 Å². The molecule has 126 valence electrons. The maximum absolute atomic E-state index is 11.4. The van der Waals surface area contributed by atoms with E-state index >= 15 is 0 Å². The molecule has 0 radical (unpaired) electrons. The molecule has 5 atom stereocenters. The maximum atomic E-state index is 11.4. The molecule has 0 amide bonds. The van der Waals surface area contributed by atoms with Gasteiger partial charge in [-0.1, -0.05) is 13.2 Å². The lowest BCUT2D eigenvalue weighted by Crippen LogP contribution is -2.34. The number of rotatable bonds is 7. The lowest BCUT2D eigenvalue weighted by Gasteiger charge is -2.36. The van der Waals surface area contributed by atoms with Crippen LogP contribution in [0, 0.1) is 29.1 Å². The molecule has 3 saturated carbocycles. The van der Waals surface area contributed by atoms with Gasteiger partial charge >= 0.3 is 11.9 Å². The molecule has 3 aliphatic carbocycles. The fourth-order valence-corrected chi connectivity index (χ4v) is 5.62. The third kappa shape index (κ3) is 2.96. The van der Waals surface area contributed by atoms with Crippen molar-refractivity contribution in [1.29, 1.82) is 0 Å². The third-order valence-electron chi connectivity index (χ3n) is 6.44. The van der Waals surface area contributed by atoms with Gasteiger partial charge in [-0.15, -0.1) is 0 Å². The quantitative estimate of drug-likeness (QED) is 0.534. The molecule has 0 N–H and O–H groups in total. The first-order chi connectivity index (χ1) is 11.1. The van der Waals surface area contributed by atoms with Crippen LogP contribution < -0.4 is 0 Å². The Morgan fingerprint density at radius 2 is 1.83 bits per heavy atom. The van der Waals surface area contributed by atoms with E-state index in [1.54, 1.807) is 0 Å². The third-order valence-corrected chi connectivity index (χ3v) is 6.44. The zero-order valence-corrected chi connectivity index (χ0v) is 13.7. The second-order valence-corrected chi connectivity index (χ2v) is 7.36. The van der Waals surface area contributed by atoms with Gasteiger partial charge in [-0.2, -0.15) is 0 Å². The molecule has 0 aromatic heterocycles. The van der Waals surface area contributed by atoms with E-state index in [9.17, 15) is 9.59 Å². The highest BCUT2D eigenvalue weighted by molar-refractivity contribution is 5.81. The Morgan fingerprint density at radius 1 is 1.09 bits per heavy atom. The van der Waals surface area contributed by atoms with Crippen molar-refractivity contribution in [1.82, 2.24) is 0 Å². The van der Waals surface area contributed by atoms with Gasteiger partial charge in [0.15, 0.2) is 0 Å². The van der Waals surface area contributed by atoms with Gasteiger partial charge in [-0.3, -0.25) is 0 Å². The van der Waals surface area contributed by atoms with Crippen LogP contribution in [0.15, 0.2) is 25.3 Å². The summed E-state index contributed by atoms with van der Waals surface area (Å²) >= 11 is 0. The number of esters is 2. The number of ether oxygens (including phenoxy) is 2. The molecule has 0 aromatic carbocycles. The van der Waals surface area contributed by atoms with E-state index in [1.807, 2.05) is 0 Å². The van der Waals surface area contributed by atoms with Crippen molar-refractivity contribution in [3.05, 3.63) is 25.3 Å². The average molecular weight is 318 g/mol. The molecule has 0 saturated heterocycles. The molecule has 5 unspecified atom stereocenters. The van der Waals surface area contributed by atoms with Gasteiger partial charge < -0.3 is 9.47 Å². The molecular formula is C19H26O4. The first-order valence-electron chi connectivity index (χ1n) is 8.68. The Labute approximate surface area is 137 Å². The molecule has 4 heteroatoms. The van der Waals surface area contributed by atoms with Crippen LogP contribution in [-0.2, 0) is 19.1 Å². The van der Waals surface area contributed by atoms with Crippen molar-refractivity contribution >= 4 is 11.9 Å². The Bertz CT molecular complexity index is 511. The summed E-state index contributed by atoms with van der Waals surface area (Å²) < 4.78 is 10.6. The van der Waals surface area contributed by atoms with Crippen LogP contribution in [0.3, 0.4) is 0 Å². The van der Waals surface area contributed by atoms with Crippen molar-refractivity contribution in [2.45, 2.75) is 38.5 Å². The fraction of sp³-hybridized carbons (Fsp3) is 0.684. The van der Waals surface area contributed by atoms with E-state index in [0.717, 1.165) is 12.3 Å². The van der Waals surface area contributed by atoms with Gasteiger partial charge in [0.05, 0.1) is 13.2 Å². The van der Waals surface area contributed by atoms with Crippen LogP contribution in [0.25, 0.3) is 0 Å². The van der Waals surface area contributed by atoms with Gasteiger partial charge in [-0.25, -0.2) is 9.59 Å². The Morgan fingerprint density at radius 3 is 2.57 bits per heavy atom. The minimum absolute atomic E-state index is 0.195. The van der Waals surface area contributed by atoms with Gasteiger partial charge in [0, 0.05) is 17.6 Å². The first-order valence-corrected chi connectivity index (χ1v) is 8.68. The van der Waals surface area contributed by atoms with Gasteiger partial charge in [0.2, 0.25) is 0 Å². The van der Waals surface area contributed by atoms with Crippen molar-refractivity contribution < 1.29 is 19.1 Å². The SMILES string of the molecule is C=CC(=O)OCCC1CCC2C1C1CCC2(COC(=O)C=C)C1. The van der Waals surface area contributed by atoms with Crippen molar-refractivity contribution in [2.24, 2.45) is 29.1 Å². The zero-order valence-electron chi connectivity index (χ0n) is 13.7. The van der Waals surface area contributed by atoms with E-state index in [1.165, 1.54) is 44.3 Å². The number of fused-ring (bicyclic) bond motifs is 5. The number of carbonyl (C=O) groups excluding carboxylic acids is 2. The van der Waals surface area contributed by atoms with Crippen LogP contribution >= 0.6 is 0 Å². The molecule has 2 bridgehead atoms. The Kier molecular flexibility index (Phi) is 4.60. The van der Waals surface area contributed by atoms with Crippen molar-refractivity contribution in [3.8, 4) is 0 Å². The monoisotopic (exact) mass is 318 g/mol. The highest BCUT2D eigenvalue weighted by Crippen LogP contribution is 2.67. The van der Waals surface area contributed by atoms with E-state index in [4.69, 9.17) is 9.47 Å². The number of hydrogen-bond acceptors (Lipinski definition) is 4. The standard InChI is InChI=1S/C19H26O4/c1-3-16(20)22-10-8-13-5-6-15-18(13)14-7-9-19(15,11-14)12-23-17(21)4-2/h3-4,13-15,18H,1-2,5-12H2. The molecule has 3 rings (SSSR count). The van der Waals surface area contributed by atoms with Gasteiger partial charge in [0.25, 0.3) is 0 Å². The van der Waals surface area contributed by atoms with E-state index in [2.05, 4.69) is 13.2 Å². The fourth-order valence-electron chi connectivity index (χ4n) is 5.62. The van der Waals surface area contributed by atoms with E-state index in [-0.39, 0.29) is 17.4 Å². The number of hydrogen-bond donors (Lipinski definition) is 0. The summed E-state index contributed by atoms with van der Waals surface area (Å²) in [5, 5.41) is 0. The molecule has 0 spiro atoms. The molecule has 3 fully saturated rings. The molecule has 0 aromatic rings. The second kappa shape index (κ2) is 6.50. The van der Waals surface area contributed by atoms with Crippen LogP contribution in [0.1, 0.15) is 38.5 Å². The lowest BCUT2D eigenvalue weighted by atomic mass is 9.70. The lowest BCUT2D eigenvalue weighted by molar-refractivity contribution is -0.142. The molecule has 23 heavy (non-hydrogen) atoms. The molecule has 3 aliphatic rings. The van der Waals surface area contributed by atoms with Crippen LogP contribution in [0.2, 0.25) is 0 Å². The molecule has 0 aliphatic heterocycles. The molecule has 0 heterocycles. The summed E-state index contributed by atoms with van der Waals surface area (Å²) in [4.78, 5) is 22.6. The Balaban J connectivity index is 1.58. The van der Waals surface area contributed by atoms with Crippen LogP contribution in [0.4, 0.5) is 0 Å². The predicted octanol–water partition coefficient (Wildman–Crippen LogP) is 3.28. The second-order valence-electron chi connectivity index (χ2n) is 7.36. The molecule has 4 nitrogen and oxygen atoms in total. The van der Waals surface area contributed by atoms with E-state index in [0.29, 0.717) is 31.0 Å². The topological polar surface area (TPSA) is 52.6 Å². The normalized spacial score (nSPS) is 37.2. The smallest absolute Gasteiger partial charge is 0.330 e. The minimum atomic E-state index is -0.333. The first kappa shape index (κ1) is 16.3. The summed E-state index contributed by atoms with van der Waals surface area (Å²) in [5.41, 5.74) is 0.195. The summed E-state index contributed by atoms with van der Waals surface area (Å²) in [5.74, 6) is 2.13. The maximum Gasteiger partial charge on any atom is 0.330 e. The summed E-state index contributed by atoms with van der Waals surface area (Å²) in [6, 6.07) is 0. The van der Waals surface area contributed by atoms with E-state index < -0.39 is 0 Å². The minimum Gasteiger partial charge on any atom is -0.463 e. The largest absolute Gasteiger partial charge is 0.463 e. The zero-order chi connectivity index (χ0) is 16.4.